The van der Waals surface area contributed by atoms with E-state index >= 15 is 0 Å². The van der Waals surface area contributed by atoms with E-state index in [9.17, 15) is 9.90 Å². The fourth-order valence-corrected chi connectivity index (χ4v) is 2.69. The van der Waals surface area contributed by atoms with Crippen LogP contribution in [0.5, 0.6) is 0 Å². The molecule has 3 aliphatic heterocycles. The summed E-state index contributed by atoms with van der Waals surface area (Å²) in [6.07, 6.45) is -4.31. The third-order valence-electron chi connectivity index (χ3n) is 3.83. The second-order valence-electron chi connectivity index (χ2n) is 7.25. The largest absolute Gasteiger partial charge is 0.454 e. The van der Waals surface area contributed by atoms with E-state index in [1.807, 2.05) is 20.8 Å². The topological polar surface area (TPSA) is 83.5 Å². The van der Waals surface area contributed by atoms with Gasteiger partial charge in [-0.2, -0.15) is 0 Å². The van der Waals surface area contributed by atoms with Crippen LogP contribution in [0.15, 0.2) is 0 Å². The maximum Gasteiger partial charge on any atom is 0.338 e. The Labute approximate surface area is 123 Å². The van der Waals surface area contributed by atoms with Crippen molar-refractivity contribution in [2.75, 3.05) is 0 Å². The molecule has 0 spiro atoms. The maximum atomic E-state index is 12.0. The number of rotatable bonds is 2. The van der Waals surface area contributed by atoms with E-state index in [0.29, 0.717) is 0 Å². The number of ether oxygens (including phenoxy) is 5. The van der Waals surface area contributed by atoms with E-state index in [1.165, 1.54) is 0 Å². The Morgan fingerprint density at radius 1 is 1.19 bits per heavy atom. The van der Waals surface area contributed by atoms with Crippen molar-refractivity contribution in [2.45, 2.75) is 77.4 Å². The zero-order valence-corrected chi connectivity index (χ0v) is 12.9. The lowest BCUT2D eigenvalue weighted by Crippen LogP contribution is -2.41. The zero-order chi connectivity index (χ0) is 15.6. The molecule has 0 amide bonds. The van der Waals surface area contributed by atoms with E-state index < -0.39 is 54.2 Å². The second-order valence-corrected chi connectivity index (χ2v) is 7.25. The second kappa shape index (κ2) is 4.63. The molecule has 21 heavy (non-hydrogen) atoms. The molecular weight excluding hydrogens is 280 g/mol. The van der Waals surface area contributed by atoms with E-state index in [4.69, 9.17) is 23.7 Å². The molecule has 6 atom stereocenters. The number of carbonyl (C=O) groups excluding carboxylic acids is 1. The van der Waals surface area contributed by atoms with Gasteiger partial charge in [0, 0.05) is 5.41 Å². The highest BCUT2D eigenvalue weighted by Crippen LogP contribution is 2.43. The summed E-state index contributed by atoms with van der Waals surface area (Å²) in [6.45, 7) is 8.99. The van der Waals surface area contributed by atoms with Gasteiger partial charge in [0.1, 0.15) is 6.10 Å². The fraction of sp³-hybridized carbons (Fsp3) is 0.929. The quantitative estimate of drug-likeness (QED) is 0.588. The number of hydrogen-bond donors (Lipinski definition) is 1. The summed E-state index contributed by atoms with van der Waals surface area (Å²) < 4.78 is 27.8. The van der Waals surface area contributed by atoms with E-state index in [2.05, 4.69) is 0 Å². The molecule has 6 unspecified atom stereocenters. The first-order valence-corrected chi connectivity index (χ1v) is 7.14. The summed E-state index contributed by atoms with van der Waals surface area (Å²) in [4.78, 5) is 12.0. The number of fused-ring (bicyclic) bond motifs is 3. The Balaban J connectivity index is 1.71. The highest BCUT2D eigenvalue weighted by Gasteiger charge is 2.64. The lowest BCUT2D eigenvalue weighted by molar-refractivity contribution is -0.236. The van der Waals surface area contributed by atoms with Crippen LogP contribution in [0.4, 0.5) is 0 Å². The van der Waals surface area contributed by atoms with Gasteiger partial charge in [-0.25, -0.2) is 4.79 Å². The van der Waals surface area contributed by atoms with Crippen molar-refractivity contribution < 1.29 is 33.6 Å². The summed E-state index contributed by atoms with van der Waals surface area (Å²) in [5.74, 6) is -1.31. The van der Waals surface area contributed by atoms with Gasteiger partial charge >= 0.3 is 5.97 Å². The molecule has 7 heteroatoms. The first-order valence-electron chi connectivity index (χ1n) is 7.14. The number of carbonyl (C=O) groups is 1. The number of aliphatic hydroxyl groups is 1. The summed E-state index contributed by atoms with van der Waals surface area (Å²) in [5, 5.41) is 10.0. The van der Waals surface area contributed by atoms with Crippen molar-refractivity contribution in [1.82, 2.24) is 0 Å². The third-order valence-corrected chi connectivity index (χ3v) is 3.83. The van der Waals surface area contributed by atoms with Crippen LogP contribution in [0.3, 0.4) is 0 Å². The molecule has 0 radical (unpaired) electrons. The summed E-state index contributed by atoms with van der Waals surface area (Å²) in [5.41, 5.74) is -0.512. The average Bonchev–Trinajstić information content (AvgIpc) is 2.87. The van der Waals surface area contributed by atoms with Crippen molar-refractivity contribution in [3.8, 4) is 0 Å². The van der Waals surface area contributed by atoms with Crippen molar-refractivity contribution in [3.05, 3.63) is 0 Å². The zero-order valence-electron chi connectivity index (χ0n) is 12.9. The van der Waals surface area contributed by atoms with Gasteiger partial charge in [-0.05, 0) is 13.8 Å². The normalized spacial score (nSPS) is 42.6. The van der Waals surface area contributed by atoms with Crippen LogP contribution in [0, 0.1) is 5.41 Å². The van der Waals surface area contributed by atoms with Crippen molar-refractivity contribution in [1.29, 1.82) is 0 Å². The molecular formula is C14H22O7. The molecule has 3 heterocycles. The van der Waals surface area contributed by atoms with E-state index in [1.54, 1.807) is 13.8 Å². The maximum absolute atomic E-state index is 12.0. The van der Waals surface area contributed by atoms with Crippen LogP contribution in [-0.4, -0.2) is 53.9 Å². The number of esters is 1. The molecule has 120 valence electrons. The highest BCUT2D eigenvalue weighted by molar-refractivity contribution is 5.78. The minimum atomic E-state index is -1.10. The molecule has 0 aromatic rings. The van der Waals surface area contributed by atoms with Crippen LogP contribution in [-0.2, 0) is 28.5 Å². The first kappa shape index (κ1) is 15.2. The molecule has 3 aliphatic rings. The Hall–Kier alpha value is -0.730. The van der Waals surface area contributed by atoms with Gasteiger partial charge < -0.3 is 28.8 Å². The van der Waals surface area contributed by atoms with Crippen LogP contribution >= 0.6 is 0 Å². The summed E-state index contributed by atoms with van der Waals surface area (Å²) >= 11 is 0. The molecule has 3 rings (SSSR count). The Morgan fingerprint density at radius 3 is 2.48 bits per heavy atom. The number of aliphatic hydroxyl groups excluding tert-OH is 1. The van der Waals surface area contributed by atoms with Crippen LogP contribution in [0.1, 0.15) is 34.6 Å². The standard InChI is InChI=1S/C14H22O7/c1-13(2,3)12(16)19-8-6-7(17-10(8)15)9-11(18-6)21-14(4,5)20-9/h6-9,11-12,16H,1-5H3. The molecule has 0 aromatic heterocycles. The molecule has 7 nitrogen and oxygen atoms in total. The lowest BCUT2D eigenvalue weighted by atomic mass is 9.96. The van der Waals surface area contributed by atoms with Crippen molar-refractivity contribution in [3.63, 3.8) is 0 Å². The van der Waals surface area contributed by atoms with Gasteiger partial charge in [0.05, 0.1) is 0 Å². The van der Waals surface area contributed by atoms with E-state index in [0.717, 1.165) is 0 Å². The summed E-state index contributed by atoms with van der Waals surface area (Å²) in [6, 6.07) is 0. The Morgan fingerprint density at radius 2 is 1.86 bits per heavy atom. The minimum absolute atomic E-state index is 0.464. The predicted octanol–water partition coefficient (Wildman–Crippen LogP) is 0.538. The van der Waals surface area contributed by atoms with Crippen molar-refractivity contribution >= 4 is 5.97 Å². The van der Waals surface area contributed by atoms with Crippen molar-refractivity contribution in [2.24, 2.45) is 5.41 Å². The van der Waals surface area contributed by atoms with Gasteiger partial charge in [-0.15, -0.1) is 0 Å². The minimum Gasteiger partial charge on any atom is -0.454 e. The van der Waals surface area contributed by atoms with Crippen LogP contribution in [0.25, 0.3) is 0 Å². The molecule has 0 aliphatic carbocycles. The van der Waals surface area contributed by atoms with Crippen LogP contribution < -0.4 is 0 Å². The van der Waals surface area contributed by atoms with Gasteiger partial charge in [0.2, 0.25) is 0 Å². The Bertz CT molecular complexity index is 441. The molecule has 0 bridgehead atoms. The first-order chi connectivity index (χ1) is 9.58. The van der Waals surface area contributed by atoms with E-state index in [-0.39, 0.29) is 0 Å². The van der Waals surface area contributed by atoms with Gasteiger partial charge in [0.15, 0.2) is 36.7 Å². The summed E-state index contributed by atoms with van der Waals surface area (Å²) in [7, 11) is 0. The monoisotopic (exact) mass is 302 g/mol. The number of hydrogen-bond acceptors (Lipinski definition) is 7. The molecule has 3 saturated heterocycles. The third kappa shape index (κ3) is 2.57. The van der Waals surface area contributed by atoms with Gasteiger partial charge in [0.25, 0.3) is 0 Å². The molecule has 1 N–H and O–H groups in total. The predicted molar refractivity (Wildman–Crippen MR) is 68.9 cm³/mol. The van der Waals surface area contributed by atoms with Crippen LogP contribution in [0.2, 0.25) is 0 Å². The molecule has 3 fully saturated rings. The Kier molecular flexibility index (Phi) is 3.35. The molecule has 0 aromatic carbocycles. The lowest BCUT2D eigenvalue weighted by Gasteiger charge is -2.29. The highest BCUT2D eigenvalue weighted by atomic mass is 16.9. The smallest absolute Gasteiger partial charge is 0.338 e. The molecule has 0 saturated carbocycles. The van der Waals surface area contributed by atoms with Gasteiger partial charge in [-0.3, -0.25) is 0 Å². The fourth-order valence-electron chi connectivity index (χ4n) is 2.69. The SMILES string of the molecule is CC1(C)OC2OC3C(OC(O)C(C)(C)C)C(=O)OC3C2O1. The average molecular weight is 302 g/mol. The van der Waals surface area contributed by atoms with Gasteiger partial charge in [-0.1, -0.05) is 20.8 Å².